The van der Waals surface area contributed by atoms with Crippen LogP contribution in [0.4, 0.5) is 17.6 Å². The van der Waals surface area contributed by atoms with Crippen molar-refractivity contribution in [2.24, 2.45) is 0 Å². The Hall–Kier alpha value is -1.07. The van der Waals surface area contributed by atoms with Gasteiger partial charge in [0.25, 0.3) is 0 Å². The molecule has 1 saturated carbocycles. The van der Waals surface area contributed by atoms with Crippen LogP contribution in [-0.2, 0) is 4.57 Å². The molecule has 22 heavy (non-hydrogen) atoms. The molecule has 0 saturated heterocycles. The van der Waals surface area contributed by atoms with Crippen molar-refractivity contribution in [1.82, 2.24) is 0 Å². The van der Waals surface area contributed by atoms with Gasteiger partial charge in [-0.05, 0) is 30.4 Å². The minimum Gasteiger partial charge on any atom is -0.769 e. The van der Waals surface area contributed by atoms with Gasteiger partial charge in [0.2, 0.25) is 0 Å². The van der Waals surface area contributed by atoms with Gasteiger partial charge in [-0.15, -0.1) is 0 Å². The Morgan fingerprint density at radius 2 is 1.86 bits per heavy atom. The Morgan fingerprint density at radius 3 is 2.45 bits per heavy atom. The molecule has 3 nitrogen and oxygen atoms in total. The third-order valence-electron chi connectivity index (χ3n) is 3.65. The summed E-state index contributed by atoms with van der Waals surface area (Å²) >= 11 is 0. The number of rotatable bonds is 4. The molecule has 0 heterocycles. The van der Waals surface area contributed by atoms with Gasteiger partial charge in [-0.3, -0.25) is 4.57 Å². The minimum absolute atomic E-state index is 0.0500. The summed E-state index contributed by atoms with van der Waals surface area (Å²) in [5.41, 5.74) is 0.309. The highest BCUT2D eigenvalue weighted by Gasteiger charge is 2.35. The molecule has 2 rings (SSSR count). The lowest BCUT2D eigenvalue weighted by Crippen LogP contribution is -2.23. The Labute approximate surface area is 125 Å². The predicted octanol–water partition coefficient (Wildman–Crippen LogP) is 4.37. The van der Waals surface area contributed by atoms with Gasteiger partial charge < -0.3 is 9.42 Å². The molecular formula is C14H16F4O3P-. The number of alkyl halides is 3. The predicted molar refractivity (Wildman–Crippen MR) is 71.4 cm³/mol. The second-order valence-corrected chi connectivity index (χ2v) is 7.19. The van der Waals surface area contributed by atoms with E-state index in [1.54, 1.807) is 0 Å². The van der Waals surface area contributed by atoms with E-state index in [2.05, 4.69) is 4.52 Å². The standard InChI is InChI=1S/C14H17F4O3P/c15-13-11(10-5-2-1-3-6-10)7-4-8-12(13)21-22(19,20)9-14(16,17)18/h4,7-8,10H,1-3,5-6,9H2,(H,19,20)/p-1. The zero-order chi connectivity index (χ0) is 16.4. The molecule has 0 bridgehead atoms. The summed E-state index contributed by atoms with van der Waals surface area (Å²) in [5.74, 6) is -1.59. The second kappa shape index (κ2) is 6.59. The fraction of sp³-hybridized carbons (Fsp3) is 0.571. The van der Waals surface area contributed by atoms with Crippen LogP contribution in [-0.4, -0.2) is 12.3 Å². The molecule has 1 aromatic rings. The Kier molecular flexibility index (Phi) is 5.17. The Bertz CT molecular complexity index is 568. The molecule has 1 aromatic carbocycles. The summed E-state index contributed by atoms with van der Waals surface area (Å²) in [6, 6.07) is 3.95. The summed E-state index contributed by atoms with van der Waals surface area (Å²) < 4.78 is 66.6. The van der Waals surface area contributed by atoms with Gasteiger partial charge in [-0.1, -0.05) is 31.4 Å². The van der Waals surface area contributed by atoms with Gasteiger partial charge in [-0.25, -0.2) is 4.39 Å². The first-order valence-corrected chi connectivity index (χ1v) is 8.75. The van der Waals surface area contributed by atoms with Gasteiger partial charge >= 0.3 is 6.18 Å². The summed E-state index contributed by atoms with van der Waals surface area (Å²) in [6.07, 6.45) is -2.53. The van der Waals surface area contributed by atoms with Gasteiger partial charge in [0.05, 0.1) is 0 Å². The molecule has 1 aliphatic rings. The molecule has 8 heteroatoms. The van der Waals surface area contributed by atoms with Crippen LogP contribution in [0, 0.1) is 5.82 Å². The van der Waals surface area contributed by atoms with Crippen LogP contribution in [0.5, 0.6) is 5.75 Å². The van der Waals surface area contributed by atoms with Gasteiger partial charge in [0.1, 0.15) is 6.16 Å². The normalized spacial score (nSPS) is 19.7. The molecule has 0 aromatic heterocycles. The average molecular weight is 339 g/mol. The maximum absolute atomic E-state index is 14.4. The lowest BCUT2D eigenvalue weighted by Gasteiger charge is -2.27. The van der Waals surface area contributed by atoms with E-state index in [-0.39, 0.29) is 5.92 Å². The second-order valence-electron chi connectivity index (χ2n) is 5.47. The molecule has 1 fully saturated rings. The van der Waals surface area contributed by atoms with Crippen LogP contribution >= 0.6 is 7.60 Å². The van der Waals surface area contributed by atoms with E-state index in [1.807, 2.05) is 0 Å². The molecular weight excluding hydrogens is 323 g/mol. The zero-order valence-electron chi connectivity index (χ0n) is 11.7. The molecule has 0 spiro atoms. The SMILES string of the molecule is O=P([O-])(CC(F)(F)F)Oc1cccc(C2CCCCC2)c1F. The first kappa shape index (κ1) is 17.3. The van der Waals surface area contributed by atoms with Crippen molar-refractivity contribution in [3.63, 3.8) is 0 Å². The molecule has 1 aliphatic carbocycles. The van der Waals surface area contributed by atoms with Crippen molar-refractivity contribution < 1.29 is 31.5 Å². The molecule has 1 atom stereocenters. The maximum Gasteiger partial charge on any atom is 0.397 e. The van der Waals surface area contributed by atoms with Gasteiger partial charge in [0, 0.05) is 0 Å². The topological polar surface area (TPSA) is 49.4 Å². The molecule has 0 aliphatic heterocycles. The van der Waals surface area contributed by atoms with Crippen molar-refractivity contribution in [1.29, 1.82) is 0 Å². The van der Waals surface area contributed by atoms with Crippen molar-refractivity contribution in [3.8, 4) is 5.75 Å². The van der Waals surface area contributed by atoms with Gasteiger partial charge in [-0.2, -0.15) is 13.2 Å². The monoisotopic (exact) mass is 339 g/mol. The molecule has 1 unspecified atom stereocenters. The quantitative estimate of drug-likeness (QED) is 0.605. The van der Waals surface area contributed by atoms with Gasteiger partial charge in [0.15, 0.2) is 19.2 Å². The summed E-state index contributed by atoms with van der Waals surface area (Å²) in [7, 11) is -5.24. The summed E-state index contributed by atoms with van der Waals surface area (Å²) in [5, 5.41) is 0. The van der Waals surface area contributed by atoms with E-state index in [0.29, 0.717) is 5.56 Å². The fourth-order valence-electron chi connectivity index (χ4n) is 2.73. The number of benzene rings is 1. The van der Waals surface area contributed by atoms with Crippen molar-refractivity contribution in [3.05, 3.63) is 29.6 Å². The highest BCUT2D eigenvalue weighted by molar-refractivity contribution is 7.51. The highest BCUT2D eigenvalue weighted by Crippen LogP contribution is 2.45. The first-order valence-electron chi connectivity index (χ1n) is 7.03. The summed E-state index contributed by atoms with van der Waals surface area (Å²) in [4.78, 5) is 11.4. The highest BCUT2D eigenvalue weighted by atomic mass is 31.2. The average Bonchev–Trinajstić information content (AvgIpc) is 2.39. The lowest BCUT2D eigenvalue weighted by molar-refractivity contribution is -0.201. The molecule has 124 valence electrons. The Morgan fingerprint density at radius 1 is 1.23 bits per heavy atom. The van der Waals surface area contributed by atoms with Crippen LogP contribution in [0.3, 0.4) is 0 Å². The largest absolute Gasteiger partial charge is 0.769 e. The van der Waals surface area contributed by atoms with Crippen molar-refractivity contribution in [2.45, 2.75) is 44.2 Å². The molecule has 0 N–H and O–H groups in total. The van der Waals surface area contributed by atoms with E-state index in [9.17, 15) is 27.0 Å². The summed E-state index contributed by atoms with van der Waals surface area (Å²) in [6.45, 7) is 0. The third kappa shape index (κ3) is 4.71. The number of halogens is 4. The van der Waals surface area contributed by atoms with Crippen molar-refractivity contribution in [2.75, 3.05) is 6.16 Å². The van der Waals surface area contributed by atoms with E-state index in [4.69, 9.17) is 0 Å². The minimum atomic E-state index is -5.24. The zero-order valence-corrected chi connectivity index (χ0v) is 12.6. The van der Waals surface area contributed by atoms with Crippen LogP contribution in [0.2, 0.25) is 0 Å². The fourth-order valence-corrected chi connectivity index (χ4v) is 3.67. The number of hydrogen-bond acceptors (Lipinski definition) is 3. The molecule has 0 radical (unpaired) electrons. The van der Waals surface area contributed by atoms with E-state index < -0.39 is 31.5 Å². The van der Waals surface area contributed by atoms with Crippen LogP contribution in [0.25, 0.3) is 0 Å². The first-order chi connectivity index (χ1) is 10.2. The molecule has 0 amide bonds. The van der Waals surface area contributed by atoms with Crippen LogP contribution in [0.15, 0.2) is 18.2 Å². The van der Waals surface area contributed by atoms with Crippen molar-refractivity contribution >= 4 is 7.60 Å². The maximum atomic E-state index is 14.4. The Balaban J connectivity index is 2.20. The number of hydrogen-bond donors (Lipinski definition) is 0. The lowest BCUT2D eigenvalue weighted by atomic mass is 9.84. The third-order valence-corrected chi connectivity index (χ3v) is 4.87. The smallest absolute Gasteiger partial charge is 0.397 e. The van der Waals surface area contributed by atoms with E-state index in [1.165, 1.54) is 12.1 Å². The van der Waals surface area contributed by atoms with E-state index in [0.717, 1.165) is 38.2 Å². The van der Waals surface area contributed by atoms with Crippen LogP contribution in [0.1, 0.15) is 43.6 Å². The van der Waals surface area contributed by atoms with Crippen LogP contribution < -0.4 is 9.42 Å². The van der Waals surface area contributed by atoms with E-state index >= 15 is 0 Å².